The van der Waals surface area contributed by atoms with Crippen molar-refractivity contribution < 1.29 is 0 Å². The molecule has 0 spiro atoms. The van der Waals surface area contributed by atoms with E-state index in [9.17, 15) is 0 Å². The van der Waals surface area contributed by atoms with Crippen LogP contribution in [0.2, 0.25) is 0 Å². The van der Waals surface area contributed by atoms with Gasteiger partial charge in [0.15, 0.2) is 0 Å². The lowest BCUT2D eigenvalue weighted by Crippen LogP contribution is -2.09. The molecule has 98 valence electrons. The molecule has 0 unspecified atom stereocenters. The first-order chi connectivity index (χ1) is 9.16. The average Bonchev–Trinajstić information content (AvgIpc) is 2.46. The van der Waals surface area contributed by atoms with E-state index >= 15 is 0 Å². The lowest BCUT2D eigenvalue weighted by atomic mass is 10.1. The standard InChI is InChI=1S/C17H20N2/c1-14(15-8-5-4-6-9-15)13-18-16-10-7-11-17(12-16)19(2)3/h4-12,18H,1,13H2,2-3H3. The van der Waals surface area contributed by atoms with Gasteiger partial charge in [0.1, 0.15) is 0 Å². The molecule has 0 fully saturated rings. The predicted octanol–water partition coefficient (Wildman–Crippen LogP) is 3.88. The van der Waals surface area contributed by atoms with Crippen LogP contribution in [0.25, 0.3) is 5.57 Å². The first-order valence-electron chi connectivity index (χ1n) is 6.41. The van der Waals surface area contributed by atoms with Crippen molar-refractivity contribution in [2.24, 2.45) is 0 Å². The van der Waals surface area contributed by atoms with Gasteiger partial charge >= 0.3 is 0 Å². The molecular formula is C17H20N2. The summed E-state index contributed by atoms with van der Waals surface area (Å²) in [6, 6.07) is 18.6. The Kier molecular flexibility index (Phi) is 4.24. The smallest absolute Gasteiger partial charge is 0.0400 e. The van der Waals surface area contributed by atoms with Crippen LogP contribution in [0.15, 0.2) is 61.2 Å². The molecule has 2 rings (SSSR count). The van der Waals surface area contributed by atoms with E-state index in [0.29, 0.717) is 0 Å². The molecule has 0 saturated carbocycles. The van der Waals surface area contributed by atoms with E-state index in [4.69, 9.17) is 0 Å². The highest BCUT2D eigenvalue weighted by atomic mass is 15.1. The van der Waals surface area contributed by atoms with Crippen molar-refractivity contribution >= 4 is 16.9 Å². The molecule has 2 aromatic rings. The molecule has 0 saturated heterocycles. The molecule has 19 heavy (non-hydrogen) atoms. The highest BCUT2D eigenvalue weighted by molar-refractivity contribution is 5.68. The Balaban J connectivity index is 1.99. The van der Waals surface area contributed by atoms with Gasteiger partial charge in [-0.3, -0.25) is 0 Å². The average molecular weight is 252 g/mol. The zero-order valence-corrected chi connectivity index (χ0v) is 11.6. The molecule has 1 N–H and O–H groups in total. The van der Waals surface area contributed by atoms with Crippen molar-refractivity contribution in [3.05, 3.63) is 66.7 Å². The number of nitrogens with zero attached hydrogens (tertiary/aromatic N) is 1. The summed E-state index contributed by atoms with van der Waals surface area (Å²) >= 11 is 0. The maximum Gasteiger partial charge on any atom is 0.0400 e. The van der Waals surface area contributed by atoms with Crippen LogP contribution < -0.4 is 10.2 Å². The van der Waals surface area contributed by atoms with Crippen molar-refractivity contribution in [3.8, 4) is 0 Å². The second kappa shape index (κ2) is 6.10. The summed E-state index contributed by atoms with van der Waals surface area (Å²) in [5.74, 6) is 0. The molecule has 0 aliphatic rings. The third-order valence-electron chi connectivity index (χ3n) is 3.05. The minimum atomic E-state index is 0.751. The monoisotopic (exact) mass is 252 g/mol. The van der Waals surface area contributed by atoms with Gasteiger partial charge in [0, 0.05) is 32.0 Å². The molecule has 0 aromatic heterocycles. The van der Waals surface area contributed by atoms with E-state index in [1.165, 1.54) is 11.3 Å². The number of rotatable bonds is 5. The largest absolute Gasteiger partial charge is 0.381 e. The highest BCUT2D eigenvalue weighted by Gasteiger charge is 2.00. The summed E-state index contributed by atoms with van der Waals surface area (Å²) in [5, 5.41) is 3.41. The molecule has 2 nitrogen and oxygen atoms in total. The fourth-order valence-corrected chi connectivity index (χ4v) is 1.88. The van der Waals surface area contributed by atoms with Crippen LogP contribution in [0.4, 0.5) is 11.4 Å². The van der Waals surface area contributed by atoms with Crippen molar-refractivity contribution in [3.63, 3.8) is 0 Å². The molecule has 0 bridgehead atoms. The third-order valence-corrected chi connectivity index (χ3v) is 3.05. The third kappa shape index (κ3) is 3.62. The fourth-order valence-electron chi connectivity index (χ4n) is 1.88. The predicted molar refractivity (Wildman–Crippen MR) is 84.7 cm³/mol. The first kappa shape index (κ1) is 13.2. The highest BCUT2D eigenvalue weighted by Crippen LogP contribution is 2.19. The van der Waals surface area contributed by atoms with Gasteiger partial charge in [-0.15, -0.1) is 0 Å². The van der Waals surface area contributed by atoms with Crippen LogP contribution in [0.5, 0.6) is 0 Å². The molecule has 0 aliphatic carbocycles. The fraction of sp³-hybridized carbons (Fsp3) is 0.176. The van der Waals surface area contributed by atoms with E-state index < -0.39 is 0 Å². The number of hydrogen-bond acceptors (Lipinski definition) is 2. The van der Waals surface area contributed by atoms with Crippen molar-refractivity contribution in [1.29, 1.82) is 0 Å². The second-order valence-corrected chi connectivity index (χ2v) is 4.77. The van der Waals surface area contributed by atoms with Gasteiger partial charge in [-0.2, -0.15) is 0 Å². The maximum absolute atomic E-state index is 4.12. The number of nitrogens with one attached hydrogen (secondary N) is 1. The van der Waals surface area contributed by atoms with Crippen LogP contribution in [0, 0.1) is 0 Å². The summed E-state index contributed by atoms with van der Waals surface area (Å²) in [6.45, 7) is 4.88. The van der Waals surface area contributed by atoms with E-state index in [0.717, 1.165) is 17.8 Å². The second-order valence-electron chi connectivity index (χ2n) is 4.77. The van der Waals surface area contributed by atoms with Gasteiger partial charge in [-0.1, -0.05) is 43.0 Å². The SMILES string of the molecule is C=C(CNc1cccc(N(C)C)c1)c1ccccc1. The summed E-state index contributed by atoms with van der Waals surface area (Å²) in [6.07, 6.45) is 0. The van der Waals surface area contributed by atoms with Gasteiger partial charge in [0.2, 0.25) is 0 Å². The first-order valence-corrected chi connectivity index (χ1v) is 6.41. The van der Waals surface area contributed by atoms with Crippen molar-refractivity contribution in [2.45, 2.75) is 0 Å². The molecule has 0 heterocycles. The van der Waals surface area contributed by atoms with Gasteiger partial charge in [0.05, 0.1) is 0 Å². The van der Waals surface area contributed by atoms with Gasteiger partial charge in [0.25, 0.3) is 0 Å². The van der Waals surface area contributed by atoms with Gasteiger partial charge in [-0.05, 0) is 29.3 Å². The minimum Gasteiger partial charge on any atom is -0.381 e. The molecule has 0 aliphatic heterocycles. The van der Waals surface area contributed by atoms with E-state index in [1.54, 1.807) is 0 Å². The summed E-state index contributed by atoms with van der Waals surface area (Å²) in [4.78, 5) is 2.09. The lowest BCUT2D eigenvalue weighted by molar-refractivity contribution is 1.13. The Labute approximate surface area is 115 Å². The Morgan fingerprint density at radius 1 is 1.05 bits per heavy atom. The molecular weight excluding hydrogens is 232 g/mol. The van der Waals surface area contributed by atoms with Gasteiger partial charge in [-0.25, -0.2) is 0 Å². The Hall–Kier alpha value is -2.22. The van der Waals surface area contributed by atoms with Crippen LogP contribution in [-0.4, -0.2) is 20.6 Å². The van der Waals surface area contributed by atoms with E-state index in [-0.39, 0.29) is 0 Å². The van der Waals surface area contributed by atoms with Gasteiger partial charge < -0.3 is 10.2 Å². The molecule has 0 radical (unpaired) electrons. The Morgan fingerprint density at radius 2 is 1.79 bits per heavy atom. The zero-order chi connectivity index (χ0) is 13.7. The molecule has 0 amide bonds. The van der Waals surface area contributed by atoms with Crippen molar-refractivity contribution in [1.82, 2.24) is 0 Å². The lowest BCUT2D eigenvalue weighted by Gasteiger charge is -2.15. The number of anilines is 2. The maximum atomic E-state index is 4.12. The number of hydrogen-bond donors (Lipinski definition) is 1. The van der Waals surface area contributed by atoms with Crippen LogP contribution in [0.3, 0.4) is 0 Å². The Bertz CT molecular complexity index is 544. The quantitative estimate of drug-likeness (QED) is 0.868. The van der Waals surface area contributed by atoms with Crippen LogP contribution in [-0.2, 0) is 0 Å². The topological polar surface area (TPSA) is 15.3 Å². The summed E-state index contributed by atoms with van der Waals surface area (Å²) < 4.78 is 0. The van der Waals surface area contributed by atoms with E-state index in [2.05, 4.69) is 53.2 Å². The normalized spacial score (nSPS) is 10.0. The van der Waals surface area contributed by atoms with Crippen LogP contribution in [0.1, 0.15) is 5.56 Å². The summed E-state index contributed by atoms with van der Waals surface area (Å²) in [7, 11) is 4.09. The van der Waals surface area contributed by atoms with Crippen LogP contribution >= 0.6 is 0 Å². The van der Waals surface area contributed by atoms with Crippen molar-refractivity contribution in [2.75, 3.05) is 30.9 Å². The Morgan fingerprint density at radius 3 is 2.47 bits per heavy atom. The zero-order valence-electron chi connectivity index (χ0n) is 11.6. The van der Waals surface area contributed by atoms with E-state index in [1.807, 2.05) is 32.3 Å². The molecule has 0 atom stereocenters. The molecule has 2 heteroatoms. The molecule has 2 aromatic carbocycles. The minimum absolute atomic E-state index is 0.751. The number of benzene rings is 2. The summed E-state index contributed by atoms with van der Waals surface area (Å²) in [5.41, 5.74) is 4.58.